The van der Waals surface area contributed by atoms with Crippen molar-refractivity contribution in [1.82, 2.24) is 5.32 Å². The highest BCUT2D eigenvalue weighted by Crippen LogP contribution is 2.19. The van der Waals surface area contributed by atoms with Gasteiger partial charge in [-0.15, -0.1) is 0 Å². The summed E-state index contributed by atoms with van der Waals surface area (Å²) in [5.74, 6) is -2.44. The van der Waals surface area contributed by atoms with E-state index in [2.05, 4.69) is 21.2 Å². The lowest BCUT2D eigenvalue weighted by atomic mass is 10.2. The first kappa shape index (κ1) is 15.4. The van der Waals surface area contributed by atoms with Gasteiger partial charge in [0, 0.05) is 16.3 Å². The highest BCUT2D eigenvalue weighted by Gasteiger charge is 2.18. The summed E-state index contributed by atoms with van der Waals surface area (Å²) in [5.41, 5.74) is -0.532. The molecular weight excluding hydrogens is 324 g/mol. The predicted octanol–water partition coefficient (Wildman–Crippen LogP) is 3.60. The van der Waals surface area contributed by atoms with Crippen molar-refractivity contribution in [3.8, 4) is 0 Å². The number of thioether (sulfide) groups is 1. The molecular formula is C12H14BrF2NOS. The first-order chi connectivity index (χ1) is 8.45. The summed E-state index contributed by atoms with van der Waals surface area (Å²) >= 11 is 4.64. The second kappa shape index (κ2) is 7.09. The molecule has 1 N–H and O–H groups in total. The zero-order chi connectivity index (χ0) is 13.7. The first-order valence-corrected chi connectivity index (χ1v) is 7.49. The van der Waals surface area contributed by atoms with Gasteiger partial charge in [-0.05, 0) is 24.8 Å². The van der Waals surface area contributed by atoms with Gasteiger partial charge < -0.3 is 5.32 Å². The van der Waals surface area contributed by atoms with Crippen LogP contribution in [-0.4, -0.2) is 24.0 Å². The van der Waals surface area contributed by atoms with Crippen molar-refractivity contribution in [2.75, 3.05) is 12.8 Å². The van der Waals surface area contributed by atoms with E-state index in [1.54, 1.807) is 11.8 Å². The number of carbonyl (C=O) groups excluding carboxylic acids is 1. The maximum atomic E-state index is 13.5. The number of carbonyl (C=O) groups is 1. The molecule has 6 heteroatoms. The molecule has 1 rings (SSSR count). The van der Waals surface area contributed by atoms with E-state index in [1.807, 2.05) is 13.2 Å². The van der Waals surface area contributed by atoms with Crippen LogP contribution in [0.15, 0.2) is 16.6 Å². The lowest BCUT2D eigenvalue weighted by molar-refractivity contribution is 0.0945. The smallest absolute Gasteiger partial charge is 0.257 e. The topological polar surface area (TPSA) is 29.1 Å². The van der Waals surface area contributed by atoms with Gasteiger partial charge in [-0.1, -0.05) is 22.9 Å². The lowest BCUT2D eigenvalue weighted by Gasteiger charge is -2.10. The van der Waals surface area contributed by atoms with Crippen molar-refractivity contribution in [3.63, 3.8) is 0 Å². The molecule has 0 aromatic heterocycles. The van der Waals surface area contributed by atoms with E-state index in [-0.39, 0.29) is 4.47 Å². The third kappa shape index (κ3) is 4.24. The summed E-state index contributed by atoms with van der Waals surface area (Å²) < 4.78 is 27.2. The van der Waals surface area contributed by atoms with Crippen LogP contribution in [0.1, 0.15) is 23.7 Å². The fourth-order valence-corrected chi connectivity index (χ4v) is 2.11. The molecule has 0 fully saturated rings. The molecule has 0 heterocycles. The predicted molar refractivity (Wildman–Crippen MR) is 74.0 cm³/mol. The van der Waals surface area contributed by atoms with Gasteiger partial charge in [-0.25, -0.2) is 8.78 Å². The number of benzene rings is 1. The number of hydrogen-bond donors (Lipinski definition) is 1. The van der Waals surface area contributed by atoms with Gasteiger partial charge in [0.2, 0.25) is 0 Å². The Morgan fingerprint density at radius 3 is 2.50 bits per heavy atom. The summed E-state index contributed by atoms with van der Waals surface area (Å²) in [6, 6.07) is 2.14. The van der Waals surface area contributed by atoms with Gasteiger partial charge in [0.25, 0.3) is 5.91 Å². The van der Waals surface area contributed by atoms with Crippen molar-refractivity contribution in [3.05, 3.63) is 33.8 Å². The minimum absolute atomic E-state index is 0.269. The molecule has 2 nitrogen and oxygen atoms in total. The Morgan fingerprint density at radius 2 is 2.00 bits per heavy atom. The average molecular weight is 338 g/mol. The number of hydrogen-bond acceptors (Lipinski definition) is 2. The Morgan fingerprint density at radius 1 is 1.44 bits per heavy atom. The zero-order valence-electron chi connectivity index (χ0n) is 10.1. The molecule has 0 saturated carbocycles. The van der Waals surface area contributed by atoms with E-state index in [0.29, 0.717) is 11.8 Å². The van der Waals surface area contributed by atoms with Crippen molar-refractivity contribution in [2.24, 2.45) is 0 Å². The van der Waals surface area contributed by atoms with E-state index in [1.165, 1.54) is 0 Å². The van der Waals surface area contributed by atoms with E-state index in [4.69, 9.17) is 0 Å². The summed E-state index contributed by atoms with van der Waals surface area (Å²) in [7, 11) is 0. The third-order valence-corrected chi connectivity index (χ3v) is 3.97. The molecule has 1 aromatic rings. The van der Waals surface area contributed by atoms with E-state index in [0.717, 1.165) is 18.6 Å². The highest BCUT2D eigenvalue weighted by molar-refractivity contribution is 9.10. The number of amides is 1. The SMILES string of the molecule is CSC(C)CCNC(=O)c1c(F)cc(Br)cc1F. The van der Waals surface area contributed by atoms with Crippen LogP contribution in [0.5, 0.6) is 0 Å². The van der Waals surface area contributed by atoms with Crippen LogP contribution < -0.4 is 5.32 Å². The van der Waals surface area contributed by atoms with Gasteiger partial charge >= 0.3 is 0 Å². The number of nitrogens with one attached hydrogen (secondary N) is 1. The molecule has 0 saturated heterocycles. The molecule has 1 unspecified atom stereocenters. The summed E-state index contributed by atoms with van der Waals surface area (Å²) in [6.45, 7) is 2.42. The van der Waals surface area contributed by atoms with Crippen molar-refractivity contribution in [2.45, 2.75) is 18.6 Å². The van der Waals surface area contributed by atoms with Crippen LogP contribution in [0.25, 0.3) is 0 Å². The Kier molecular flexibility index (Phi) is 6.08. The zero-order valence-corrected chi connectivity index (χ0v) is 12.5. The third-order valence-electron chi connectivity index (χ3n) is 2.47. The Balaban J connectivity index is 2.67. The van der Waals surface area contributed by atoms with Crippen LogP contribution in [0.2, 0.25) is 0 Å². The van der Waals surface area contributed by atoms with Crippen LogP contribution >= 0.6 is 27.7 Å². The van der Waals surface area contributed by atoms with Crippen LogP contribution in [0, 0.1) is 11.6 Å². The molecule has 0 radical (unpaired) electrons. The number of rotatable bonds is 5. The summed E-state index contributed by atoms with van der Waals surface area (Å²) in [5, 5.41) is 2.91. The van der Waals surface area contributed by atoms with Crippen LogP contribution in [-0.2, 0) is 0 Å². The van der Waals surface area contributed by atoms with Gasteiger partial charge in [-0.3, -0.25) is 4.79 Å². The molecule has 1 aromatic carbocycles. The normalized spacial score (nSPS) is 12.3. The Labute approximate surface area is 118 Å². The fourth-order valence-electron chi connectivity index (χ4n) is 1.35. The molecule has 100 valence electrons. The fraction of sp³-hybridized carbons (Fsp3) is 0.417. The maximum Gasteiger partial charge on any atom is 0.257 e. The first-order valence-electron chi connectivity index (χ1n) is 5.41. The molecule has 0 aliphatic carbocycles. The molecule has 1 amide bonds. The number of halogens is 3. The molecule has 0 bridgehead atoms. The van der Waals surface area contributed by atoms with Crippen molar-refractivity contribution >= 4 is 33.6 Å². The van der Waals surface area contributed by atoms with Crippen molar-refractivity contribution < 1.29 is 13.6 Å². The average Bonchev–Trinajstić information content (AvgIpc) is 2.27. The largest absolute Gasteiger partial charge is 0.352 e. The standard InChI is InChI=1S/C12H14BrF2NOS/c1-7(18-2)3-4-16-12(17)11-9(14)5-8(13)6-10(11)15/h5-7H,3-4H2,1-2H3,(H,16,17). The van der Waals surface area contributed by atoms with E-state index < -0.39 is 23.1 Å². The van der Waals surface area contributed by atoms with Gasteiger partial charge in [-0.2, -0.15) is 11.8 Å². The quantitative estimate of drug-likeness (QED) is 0.889. The second-order valence-electron chi connectivity index (χ2n) is 3.84. The summed E-state index contributed by atoms with van der Waals surface area (Å²) in [6.07, 6.45) is 2.73. The molecule has 0 aliphatic heterocycles. The lowest BCUT2D eigenvalue weighted by Crippen LogP contribution is -2.27. The highest BCUT2D eigenvalue weighted by atomic mass is 79.9. The molecule has 0 aliphatic rings. The summed E-state index contributed by atoms with van der Waals surface area (Å²) in [4.78, 5) is 11.7. The van der Waals surface area contributed by atoms with Gasteiger partial charge in [0.1, 0.15) is 17.2 Å². The molecule has 0 spiro atoms. The monoisotopic (exact) mass is 337 g/mol. The maximum absolute atomic E-state index is 13.5. The van der Waals surface area contributed by atoms with Crippen molar-refractivity contribution in [1.29, 1.82) is 0 Å². The Hall–Kier alpha value is -0.620. The van der Waals surface area contributed by atoms with E-state index in [9.17, 15) is 13.6 Å². The molecule has 18 heavy (non-hydrogen) atoms. The minimum atomic E-state index is -0.864. The van der Waals surface area contributed by atoms with Crippen LogP contribution in [0.4, 0.5) is 8.78 Å². The molecule has 1 atom stereocenters. The van der Waals surface area contributed by atoms with E-state index >= 15 is 0 Å². The second-order valence-corrected chi connectivity index (χ2v) is 6.03. The minimum Gasteiger partial charge on any atom is -0.352 e. The van der Waals surface area contributed by atoms with Crippen LogP contribution in [0.3, 0.4) is 0 Å². The Bertz CT molecular complexity index is 419. The van der Waals surface area contributed by atoms with Gasteiger partial charge in [0.05, 0.1) is 0 Å². The van der Waals surface area contributed by atoms with Gasteiger partial charge in [0.15, 0.2) is 0 Å².